The molecule has 2 atom stereocenters. The van der Waals surface area contributed by atoms with Crippen molar-refractivity contribution in [2.24, 2.45) is 21.0 Å². The number of aromatic carboxylic acids is 1. The Bertz CT molecular complexity index is 2400. The summed E-state index contributed by atoms with van der Waals surface area (Å²) in [5.41, 5.74) is 5.24. The number of carbonyl (C=O) groups is 4. The Balaban J connectivity index is 0.000000315. The van der Waals surface area contributed by atoms with Crippen LogP contribution in [0.4, 0.5) is 20.2 Å². The van der Waals surface area contributed by atoms with Gasteiger partial charge in [-0.2, -0.15) is 20.2 Å². The molecule has 4 aliphatic heterocycles. The third-order valence-electron chi connectivity index (χ3n) is 11.6. The van der Waals surface area contributed by atoms with Crippen LogP contribution < -0.4 is 28.9 Å². The van der Waals surface area contributed by atoms with Gasteiger partial charge in [0.25, 0.3) is 11.8 Å². The summed E-state index contributed by atoms with van der Waals surface area (Å²) in [4.78, 5) is 53.5. The van der Waals surface area contributed by atoms with E-state index in [-0.39, 0.29) is 74.2 Å². The number of anilines is 2. The van der Waals surface area contributed by atoms with Gasteiger partial charge >= 0.3 is 30.8 Å². The number of piperidine rings is 2. The molecule has 16 heteroatoms. The van der Waals surface area contributed by atoms with E-state index in [1.807, 2.05) is 26.0 Å². The molecule has 0 bridgehead atoms. The molecule has 0 aliphatic carbocycles. The average Bonchev–Trinajstić information content (AvgIpc) is 3.64. The molecular formula is C47H55F2LiN6O7. The minimum absolute atomic E-state index is 0. The minimum Gasteiger partial charge on any atom is -0.870 e. The first kappa shape index (κ1) is 51.8. The largest absolute Gasteiger partial charge is 1.00 e. The van der Waals surface area contributed by atoms with Crippen molar-refractivity contribution in [3.63, 3.8) is 0 Å². The van der Waals surface area contributed by atoms with Crippen LogP contribution in [0.1, 0.15) is 84.5 Å². The van der Waals surface area contributed by atoms with Gasteiger partial charge in [0.2, 0.25) is 0 Å². The number of carboxylic acids is 1. The van der Waals surface area contributed by atoms with Gasteiger partial charge < -0.3 is 15.3 Å². The number of carbonyl (C=O) groups excluding carboxylic acids is 3. The number of likely N-dealkylation sites (tertiary alicyclic amines) is 2. The summed E-state index contributed by atoms with van der Waals surface area (Å²) >= 11 is 0. The van der Waals surface area contributed by atoms with Gasteiger partial charge in [-0.3, -0.25) is 19.4 Å². The number of hydrogen-bond acceptors (Lipinski definition) is 10. The number of esters is 1. The van der Waals surface area contributed by atoms with E-state index in [0.29, 0.717) is 67.1 Å². The summed E-state index contributed by atoms with van der Waals surface area (Å²) in [6.45, 7) is 11.1. The Morgan fingerprint density at radius 1 is 0.683 bits per heavy atom. The fourth-order valence-electron chi connectivity index (χ4n) is 8.09. The van der Waals surface area contributed by atoms with Crippen molar-refractivity contribution in [2.75, 3.05) is 43.3 Å². The first-order valence-electron chi connectivity index (χ1n) is 19.4. The van der Waals surface area contributed by atoms with Crippen LogP contribution >= 0.6 is 0 Å². The maximum atomic E-state index is 13.6. The van der Waals surface area contributed by atoms with E-state index in [4.69, 9.17) is 9.84 Å². The number of halogens is 2. The fraction of sp³-hybridized carbons (Fsp3) is 0.362. The summed E-state index contributed by atoms with van der Waals surface area (Å²) in [5.74, 6) is -2.11. The third-order valence-corrected chi connectivity index (χ3v) is 11.6. The zero-order valence-electron chi connectivity index (χ0n) is 35.1. The molecule has 330 valence electrons. The van der Waals surface area contributed by atoms with Crippen molar-refractivity contribution in [3.05, 3.63) is 130 Å². The van der Waals surface area contributed by atoms with E-state index in [0.717, 1.165) is 35.6 Å². The number of benzene rings is 4. The van der Waals surface area contributed by atoms with Crippen molar-refractivity contribution < 1.29 is 62.1 Å². The minimum atomic E-state index is -0.949. The van der Waals surface area contributed by atoms with Gasteiger partial charge in [0.15, 0.2) is 0 Å². The van der Waals surface area contributed by atoms with Crippen LogP contribution in [0.25, 0.3) is 0 Å². The van der Waals surface area contributed by atoms with Gasteiger partial charge in [-0.25, -0.2) is 18.4 Å². The van der Waals surface area contributed by atoms with Crippen molar-refractivity contribution in [3.8, 4) is 0 Å². The molecule has 2 N–H and O–H groups in total. The Morgan fingerprint density at radius 2 is 1.06 bits per heavy atom. The van der Waals surface area contributed by atoms with Crippen molar-refractivity contribution >= 4 is 46.6 Å². The number of methoxy groups -OCH3 is 1. The summed E-state index contributed by atoms with van der Waals surface area (Å²) < 4.78 is 32.0. The quantitative estimate of drug-likeness (QED) is 0.188. The van der Waals surface area contributed by atoms with Crippen LogP contribution in [-0.2, 0) is 27.4 Å². The van der Waals surface area contributed by atoms with Crippen molar-refractivity contribution in [1.82, 2.24) is 9.80 Å². The molecule has 2 saturated heterocycles. The summed E-state index contributed by atoms with van der Waals surface area (Å²) in [7, 11) is 1.36. The van der Waals surface area contributed by atoms with Gasteiger partial charge in [0.05, 0.1) is 41.0 Å². The van der Waals surface area contributed by atoms with Crippen molar-refractivity contribution in [1.29, 1.82) is 0 Å². The van der Waals surface area contributed by atoms with E-state index in [9.17, 15) is 28.0 Å². The average molecular weight is 861 g/mol. The summed E-state index contributed by atoms with van der Waals surface area (Å²) in [6, 6.07) is 23.3. The first-order chi connectivity index (χ1) is 28.1. The number of fused-ring (bicyclic) bond motifs is 2. The second-order valence-electron chi connectivity index (χ2n) is 16.0. The van der Waals surface area contributed by atoms with Crippen LogP contribution in [0.15, 0.2) is 95.1 Å². The number of amides is 2. The normalized spacial score (nSPS) is 20.2. The molecule has 63 heavy (non-hydrogen) atoms. The maximum Gasteiger partial charge on any atom is 1.00 e. The van der Waals surface area contributed by atoms with Gasteiger partial charge in [-0.05, 0) is 111 Å². The summed E-state index contributed by atoms with van der Waals surface area (Å²) in [5, 5.41) is 21.0. The zero-order valence-corrected chi connectivity index (χ0v) is 35.1. The predicted octanol–water partition coefficient (Wildman–Crippen LogP) is 5.08. The molecule has 4 aliphatic rings. The van der Waals surface area contributed by atoms with E-state index in [2.05, 4.69) is 20.0 Å². The molecule has 8 rings (SSSR count). The number of nitrogens with zero attached hydrogens (tertiary/aromatic N) is 6. The number of hydrogen-bond donors (Lipinski definition) is 1. The molecule has 2 fully saturated rings. The molecule has 4 heterocycles. The molecule has 2 amide bonds. The van der Waals surface area contributed by atoms with Gasteiger partial charge in [-0.15, -0.1) is 0 Å². The van der Waals surface area contributed by atoms with E-state index in [1.165, 1.54) is 29.3 Å². The van der Waals surface area contributed by atoms with Crippen molar-refractivity contribution in [2.45, 2.75) is 68.5 Å². The standard InChI is InChI=1S/C23H24FN3O3.C22H22FN3O3.2CH4.Li.H2O/c1-15-12-18(8-9-19(15)24)27-22(29)23(2)14-26(11-10-20(23)25-27)13-16-4-6-17(7-5-16)21(28)30-3;1-14-11-17(7-8-18(14)23)26-21(29)22(2)13-25(10-9-19(22)24-26)12-15-3-5-16(6-4-15)20(27)28;;;;/h4-9,12H,10-11,13-14H2,1-3H3;3-8,11H,9-10,12-13H2,1-2H3,(H,27,28);2*1H4;;1H2/q;;;;+1;/p-1. The Labute approximate surface area is 379 Å². The van der Waals surface area contributed by atoms with Gasteiger partial charge in [-0.1, -0.05) is 39.1 Å². The zero-order chi connectivity index (χ0) is 42.2. The van der Waals surface area contributed by atoms with Crippen LogP contribution in [-0.4, -0.2) is 88.8 Å². The molecular weight excluding hydrogens is 805 g/mol. The van der Waals surface area contributed by atoms with Crippen LogP contribution in [0.3, 0.4) is 0 Å². The molecule has 0 radical (unpaired) electrons. The van der Waals surface area contributed by atoms with Crippen LogP contribution in [0, 0.1) is 36.3 Å². The smallest absolute Gasteiger partial charge is 0.870 e. The molecule has 0 spiro atoms. The Hall–Kier alpha value is -5.56. The van der Waals surface area contributed by atoms with E-state index >= 15 is 0 Å². The van der Waals surface area contributed by atoms with Gasteiger partial charge in [0.1, 0.15) is 22.5 Å². The van der Waals surface area contributed by atoms with Crippen LogP contribution in [0.5, 0.6) is 0 Å². The third kappa shape index (κ3) is 10.5. The first-order valence-corrected chi connectivity index (χ1v) is 19.4. The maximum absolute atomic E-state index is 13.6. The number of hydrazone groups is 2. The number of ether oxygens (including phenoxy) is 1. The SMILES string of the molecule is C.C.COC(=O)c1ccc(CN2CCC3=NN(c4ccc(F)c(C)c4)C(=O)C3(C)C2)cc1.Cc1cc(N2N=C3CCN(Cc4ccc(C(=O)O)cc4)CC3(C)C2=O)ccc1F.[Li+].[OH-]. The number of rotatable bonds is 8. The molecule has 0 saturated carbocycles. The molecule has 4 aromatic carbocycles. The molecule has 4 aromatic rings. The Morgan fingerprint density at radius 3 is 1.41 bits per heavy atom. The second-order valence-corrected chi connectivity index (χ2v) is 16.0. The topological polar surface area (TPSA) is 165 Å². The predicted molar refractivity (Wildman–Crippen MR) is 235 cm³/mol. The fourth-order valence-corrected chi connectivity index (χ4v) is 8.09. The molecule has 2 unspecified atom stereocenters. The van der Waals surface area contributed by atoms with E-state index < -0.39 is 16.8 Å². The van der Waals surface area contributed by atoms with Crippen LogP contribution in [0.2, 0.25) is 0 Å². The monoisotopic (exact) mass is 860 g/mol. The summed E-state index contributed by atoms with van der Waals surface area (Å²) in [6.07, 6.45) is 1.37. The molecule has 13 nitrogen and oxygen atoms in total. The molecule has 0 aromatic heterocycles. The second kappa shape index (κ2) is 20.7. The number of carboxylic acid groups (broad SMARTS) is 1. The van der Waals surface area contributed by atoms with E-state index in [1.54, 1.807) is 74.5 Å². The van der Waals surface area contributed by atoms with Gasteiger partial charge in [0, 0.05) is 52.1 Å². The number of aryl methyl sites for hydroxylation is 2. The Kier molecular flexibility index (Phi) is 17.1.